The van der Waals surface area contributed by atoms with Crippen LogP contribution < -0.4 is 10.2 Å². The molecule has 0 aliphatic carbocycles. The van der Waals surface area contributed by atoms with E-state index >= 15 is 0 Å². The molecule has 0 aliphatic rings. The smallest absolute Gasteiger partial charge is 0.258 e. The summed E-state index contributed by atoms with van der Waals surface area (Å²) in [6, 6.07) is 25.2. The molecule has 2 amide bonds. The summed E-state index contributed by atoms with van der Waals surface area (Å²) in [6.45, 7) is 6.41. The Kier molecular flexibility index (Phi) is 7.02. The minimum atomic E-state index is -0.0533. The molecule has 154 valence electrons. The number of amides is 2. The van der Waals surface area contributed by atoms with Crippen molar-refractivity contribution < 1.29 is 9.59 Å². The molecule has 0 aromatic heterocycles. The van der Waals surface area contributed by atoms with Gasteiger partial charge in [-0.05, 0) is 56.2 Å². The summed E-state index contributed by atoms with van der Waals surface area (Å²) >= 11 is 0. The average Bonchev–Trinajstić information content (AvgIpc) is 2.72. The number of carbonyl (C=O) groups excluding carboxylic acids is 2. The van der Waals surface area contributed by atoms with E-state index in [2.05, 4.69) is 11.4 Å². The second-order valence-electron chi connectivity index (χ2n) is 7.81. The number of nitrogens with zero attached hydrogens (tertiary/aromatic N) is 1. The van der Waals surface area contributed by atoms with Gasteiger partial charge >= 0.3 is 0 Å². The van der Waals surface area contributed by atoms with Crippen LogP contribution in [0.15, 0.2) is 78.9 Å². The van der Waals surface area contributed by atoms with Crippen LogP contribution in [0.25, 0.3) is 0 Å². The lowest BCUT2D eigenvalue weighted by Crippen LogP contribution is -2.31. The highest BCUT2D eigenvalue weighted by Crippen LogP contribution is 2.22. The third kappa shape index (κ3) is 5.80. The number of rotatable bonds is 7. The molecule has 1 N–H and O–H groups in total. The second-order valence-corrected chi connectivity index (χ2v) is 7.81. The zero-order chi connectivity index (χ0) is 21.5. The normalized spacial score (nSPS) is 10.7. The van der Waals surface area contributed by atoms with E-state index in [-0.39, 0.29) is 17.9 Å². The molecule has 3 rings (SSSR count). The van der Waals surface area contributed by atoms with Crippen LogP contribution in [0, 0.1) is 6.92 Å². The van der Waals surface area contributed by atoms with Crippen molar-refractivity contribution in [3.05, 3.63) is 101 Å². The molecule has 4 heteroatoms. The first kappa shape index (κ1) is 21.3. The molecule has 0 saturated heterocycles. The zero-order valence-electron chi connectivity index (χ0n) is 17.8. The Labute approximate surface area is 178 Å². The van der Waals surface area contributed by atoms with Crippen molar-refractivity contribution in [2.45, 2.75) is 39.8 Å². The fourth-order valence-electron chi connectivity index (χ4n) is 3.36. The molecule has 0 unspecified atom stereocenters. The lowest BCUT2D eigenvalue weighted by molar-refractivity contribution is -0.120. The van der Waals surface area contributed by atoms with Crippen LogP contribution in [-0.2, 0) is 17.8 Å². The second kappa shape index (κ2) is 9.88. The third-order valence-electron chi connectivity index (χ3n) is 4.75. The predicted octanol–water partition coefficient (Wildman–Crippen LogP) is 4.91. The van der Waals surface area contributed by atoms with Crippen LogP contribution in [0.4, 0.5) is 5.69 Å². The molecule has 4 nitrogen and oxygen atoms in total. The average molecular weight is 401 g/mol. The summed E-state index contributed by atoms with van der Waals surface area (Å²) in [6.07, 6.45) is 0.322. The quantitative estimate of drug-likeness (QED) is 0.613. The van der Waals surface area contributed by atoms with Gasteiger partial charge in [-0.3, -0.25) is 9.59 Å². The minimum absolute atomic E-state index is 0.00488. The van der Waals surface area contributed by atoms with Gasteiger partial charge in [0, 0.05) is 17.3 Å². The maximum absolute atomic E-state index is 13.3. The van der Waals surface area contributed by atoms with Crippen LogP contribution in [0.5, 0.6) is 0 Å². The summed E-state index contributed by atoms with van der Waals surface area (Å²) in [5.74, 6) is -0.0582. The van der Waals surface area contributed by atoms with Gasteiger partial charge in [-0.2, -0.15) is 0 Å². The van der Waals surface area contributed by atoms with E-state index in [0.717, 1.165) is 22.4 Å². The standard InChI is InChI=1S/C26H28N2O2/c1-19(2)27-25(29)17-21-12-14-24(15-13-21)28(18-22-9-7-8-20(3)16-22)26(30)23-10-5-4-6-11-23/h4-16,19H,17-18H2,1-3H3,(H,27,29). The third-order valence-corrected chi connectivity index (χ3v) is 4.75. The highest BCUT2D eigenvalue weighted by molar-refractivity contribution is 6.06. The topological polar surface area (TPSA) is 49.4 Å². The number of anilines is 1. The molecule has 0 fully saturated rings. The Morgan fingerprint density at radius 2 is 1.57 bits per heavy atom. The molecule has 0 bridgehead atoms. The summed E-state index contributed by atoms with van der Waals surface area (Å²) < 4.78 is 0. The van der Waals surface area contributed by atoms with E-state index in [4.69, 9.17) is 0 Å². The number of nitrogens with one attached hydrogen (secondary N) is 1. The Morgan fingerprint density at radius 1 is 0.867 bits per heavy atom. The lowest BCUT2D eigenvalue weighted by Gasteiger charge is -2.24. The van der Waals surface area contributed by atoms with Crippen molar-refractivity contribution >= 4 is 17.5 Å². The first-order valence-electron chi connectivity index (χ1n) is 10.2. The summed E-state index contributed by atoms with van der Waals surface area (Å²) in [5, 5.41) is 2.90. The van der Waals surface area contributed by atoms with Gasteiger partial charge in [-0.25, -0.2) is 0 Å². The van der Waals surface area contributed by atoms with Gasteiger partial charge in [-0.1, -0.05) is 60.2 Å². The van der Waals surface area contributed by atoms with Crippen LogP contribution in [-0.4, -0.2) is 17.9 Å². The number of aryl methyl sites for hydroxylation is 1. The molecule has 0 heterocycles. The van der Waals surface area contributed by atoms with Crippen molar-refractivity contribution in [2.24, 2.45) is 0 Å². The van der Waals surface area contributed by atoms with Crippen LogP contribution in [0.2, 0.25) is 0 Å². The van der Waals surface area contributed by atoms with Crippen LogP contribution >= 0.6 is 0 Å². The fourth-order valence-corrected chi connectivity index (χ4v) is 3.36. The number of hydrogen-bond acceptors (Lipinski definition) is 2. The molecule has 0 atom stereocenters. The molecule has 0 aliphatic heterocycles. The Morgan fingerprint density at radius 3 is 2.20 bits per heavy atom. The lowest BCUT2D eigenvalue weighted by atomic mass is 10.1. The maximum atomic E-state index is 13.3. The summed E-state index contributed by atoms with van der Waals surface area (Å²) in [7, 11) is 0. The fraction of sp³-hybridized carbons (Fsp3) is 0.231. The van der Waals surface area contributed by atoms with E-state index in [0.29, 0.717) is 18.5 Å². The van der Waals surface area contributed by atoms with E-state index < -0.39 is 0 Å². The van der Waals surface area contributed by atoms with E-state index in [1.165, 1.54) is 0 Å². The molecule has 3 aromatic rings. The number of carbonyl (C=O) groups is 2. The van der Waals surface area contributed by atoms with Gasteiger partial charge in [0.2, 0.25) is 5.91 Å². The zero-order valence-corrected chi connectivity index (χ0v) is 17.8. The molecule has 0 saturated carbocycles. The molecule has 0 spiro atoms. The van der Waals surface area contributed by atoms with Gasteiger partial charge < -0.3 is 10.2 Å². The Bertz CT molecular complexity index is 995. The molecule has 0 radical (unpaired) electrons. The highest BCUT2D eigenvalue weighted by atomic mass is 16.2. The first-order chi connectivity index (χ1) is 14.4. The van der Waals surface area contributed by atoms with Gasteiger partial charge in [-0.15, -0.1) is 0 Å². The van der Waals surface area contributed by atoms with E-state index in [1.807, 2.05) is 93.6 Å². The summed E-state index contributed by atoms with van der Waals surface area (Å²) in [5.41, 5.74) is 4.59. The molecule has 3 aromatic carbocycles. The maximum Gasteiger partial charge on any atom is 0.258 e. The SMILES string of the molecule is Cc1cccc(CN(C(=O)c2ccccc2)c2ccc(CC(=O)NC(C)C)cc2)c1. The van der Waals surface area contributed by atoms with Gasteiger partial charge in [0.15, 0.2) is 0 Å². The summed E-state index contributed by atoms with van der Waals surface area (Å²) in [4.78, 5) is 27.1. The monoisotopic (exact) mass is 400 g/mol. The molecule has 30 heavy (non-hydrogen) atoms. The Balaban J connectivity index is 1.86. The minimum Gasteiger partial charge on any atom is -0.354 e. The first-order valence-corrected chi connectivity index (χ1v) is 10.2. The highest BCUT2D eigenvalue weighted by Gasteiger charge is 2.18. The van der Waals surface area contributed by atoms with Gasteiger partial charge in [0.05, 0.1) is 13.0 Å². The van der Waals surface area contributed by atoms with Crippen molar-refractivity contribution in [1.29, 1.82) is 0 Å². The van der Waals surface area contributed by atoms with E-state index in [1.54, 1.807) is 4.90 Å². The largest absolute Gasteiger partial charge is 0.354 e. The number of benzene rings is 3. The molecular formula is C26H28N2O2. The van der Waals surface area contributed by atoms with Crippen molar-refractivity contribution in [2.75, 3.05) is 4.90 Å². The van der Waals surface area contributed by atoms with Gasteiger partial charge in [0.1, 0.15) is 0 Å². The van der Waals surface area contributed by atoms with Crippen LogP contribution in [0.3, 0.4) is 0 Å². The van der Waals surface area contributed by atoms with Crippen molar-refractivity contribution in [3.8, 4) is 0 Å². The van der Waals surface area contributed by atoms with Gasteiger partial charge in [0.25, 0.3) is 5.91 Å². The Hall–Kier alpha value is -3.40. The van der Waals surface area contributed by atoms with E-state index in [9.17, 15) is 9.59 Å². The van der Waals surface area contributed by atoms with Crippen molar-refractivity contribution in [3.63, 3.8) is 0 Å². The van der Waals surface area contributed by atoms with Crippen molar-refractivity contribution in [1.82, 2.24) is 5.32 Å². The molecular weight excluding hydrogens is 372 g/mol. The predicted molar refractivity (Wildman–Crippen MR) is 122 cm³/mol. The number of hydrogen-bond donors (Lipinski definition) is 1. The van der Waals surface area contributed by atoms with Crippen LogP contribution in [0.1, 0.15) is 40.9 Å².